The fraction of sp³-hybridized carbons (Fsp3) is 0.412. The number of H-pyrrole nitrogens is 1. The largest absolute Gasteiger partial charge is 0.356 e. The van der Waals surface area contributed by atoms with Gasteiger partial charge in [-0.2, -0.15) is 5.10 Å². The van der Waals surface area contributed by atoms with Crippen LogP contribution in [0.1, 0.15) is 30.3 Å². The quantitative estimate of drug-likeness (QED) is 0.889. The number of pyridine rings is 1. The third kappa shape index (κ3) is 3.45. The number of nitrogens with zero attached hydrogens (tertiary/aromatic N) is 3. The van der Waals surface area contributed by atoms with E-state index in [4.69, 9.17) is 0 Å². The van der Waals surface area contributed by atoms with Crippen LogP contribution < -0.4 is 5.32 Å². The molecular weight excluding hydrogens is 306 g/mol. The van der Waals surface area contributed by atoms with Gasteiger partial charge in [0.25, 0.3) is 5.91 Å². The number of hydrogen-bond donors (Lipinski definition) is 2. The Morgan fingerprint density at radius 2 is 2.17 bits per heavy atom. The molecule has 2 N–H and O–H groups in total. The maximum atomic E-state index is 12.7. The third-order valence-corrected chi connectivity index (χ3v) is 4.21. The highest BCUT2D eigenvalue weighted by molar-refractivity contribution is 5.94. The Labute approximate surface area is 140 Å². The van der Waals surface area contributed by atoms with E-state index in [1.807, 2.05) is 19.1 Å². The molecule has 0 aromatic carbocycles. The summed E-state index contributed by atoms with van der Waals surface area (Å²) in [7, 11) is 0. The molecule has 1 saturated heterocycles. The van der Waals surface area contributed by atoms with E-state index >= 15 is 0 Å². The van der Waals surface area contributed by atoms with Crippen LogP contribution in [0.15, 0.2) is 30.6 Å². The molecule has 0 spiro atoms. The van der Waals surface area contributed by atoms with Gasteiger partial charge < -0.3 is 10.2 Å². The van der Waals surface area contributed by atoms with Gasteiger partial charge in [0.2, 0.25) is 5.91 Å². The smallest absolute Gasteiger partial charge is 0.271 e. The van der Waals surface area contributed by atoms with Gasteiger partial charge in [-0.3, -0.25) is 19.7 Å². The number of likely N-dealkylation sites (tertiary alicyclic amines) is 1. The van der Waals surface area contributed by atoms with Gasteiger partial charge in [0.15, 0.2) is 0 Å². The van der Waals surface area contributed by atoms with E-state index in [1.54, 1.807) is 23.4 Å². The van der Waals surface area contributed by atoms with Crippen molar-refractivity contribution < 1.29 is 9.59 Å². The Balaban J connectivity index is 1.70. The van der Waals surface area contributed by atoms with Crippen LogP contribution in [0.25, 0.3) is 11.3 Å². The Hall–Kier alpha value is -2.70. The second kappa shape index (κ2) is 7.25. The first-order valence-electron chi connectivity index (χ1n) is 8.22. The molecule has 24 heavy (non-hydrogen) atoms. The van der Waals surface area contributed by atoms with E-state index in [0.717, 1.165) is 18.4 Å². The molecule has 0 aliphatic carbocycles. The summed E-state index contributed by atoms with van der Waals surface area (Å²) in [4.78, 5) is 30.4. The molecule has 0 saturated carbocycles. The summed E-state index contributed by atoms with van der Waals surface area (Å²) in [6.45, 7) is 3.63. The van der Waals surface area contributed by atoms with Crippen LogP contribution in [0, 0.1) is 5.92 Å². The van der Waals surface area contributed by atoms with Gasteiger partial charge in [0.05, 0.1) is 11.6 Å². The fourth-order valence-electron chi connectivity index (χ4n) is 2.97. The minimum absolute atomic E-state index is 0.0251. The van der Waals surface area contributed by atoms with E-state index in [0.29, 0.717) is 31.0 Å². The summed E-state index contributed by atoms with van der Waals surface area (Å²) in [5.74, 6) is -0.223. The van der Waals surface area contributed by atoms with Gasteiger partial charge >= 0.3 is 0 Å². The number of piperidine rings is 1. The van der Waals surface area contributed by atoms with Crippen molar-refractivity contribution in [1.82, 2.24) is 25.4 Å². The monoisotopic (exact) mass is 327 g/mol. The van der Waals surface area contributed by atoms with Crippen molar-refractivity contribution >= 4 is 11.8 Å². The molecule has 7 nitrogen and oxygen atoms in total. The van der Waals surface area contributed by atoms with Gasteiger partial charge in [-0.25, -0.2) is 0 Å². The third-order valence-electron chi connectivity index (χ3n) is 4.21. The average molecular weight is 327 g/mol. The van der Waals surface area contributed by atoms with Crippen molar-refractivity contribution in [2.75, 3.05) is 19.6 Å². The van der Waals surface area contributed by atoms with Crippen LogP contribution in [0.5, 0.6) is 0 Å². The zero-order valence-electron chi connectivity index (χ0n) is 13.7. The first-order chi connectivity index (χ1) is 11.7. The summed E-state index contributed by atoms with van der Waals surface area (Å²) in [5.41, 5.74) is 2.05. The minimum atomic E-state index is -0.134. The molecule has 1 fully saturated rings. The molecule has 0 radical (unpaired) electrons. The first-order valence-corrected chi connectivity index (χ1v) is 8.22. The summed E-state index contributed by atoms with van der Waals surface area (Å²) in [5, 5.41) is 9.85. The standard InChI is InChI=1S/C17H21N5O2/c1-2-19-16(23)13-4-3-9-22(11-13)17(24)15-10-14(20-21-15)12-5-7-18-8-6-12/h5-8,10,13H,2-4,9,11H2,1H3,(H,19,23)(H,20,21). The van der Waals surface area contributed by atoms with Gasteiger partial charge in [-0.05, 0) is 38.0 Å². The van der Waals surface area contributed by atoms with Crippen molar-refractivity contribution in [2.45, 2.75) is 19.8 Å². The van der Waals surface area contributed by atoms with Crippen LogP contribution in [0.2, 0.25) is 0 Å². The van der Waals surface area contributed by atoms with Crippen molar-refractivity contribution in [1.29, 1.82) is 0 Å². The normalized spacial score (nSPS) is 17.5. The molecule has 2 aromatic heterocycles. The van der Waals surface area contributed by atoms with E-state index < -0.39 is 0 Å². The fourth-order valence-corrected chi connectivity index (χ4v) is 2.97. The topological polar surface area (TPSA) is 91.0 Å². The highest BCUT2D eigenvalue weighted by Crippen LogP contribution is 2.21. The van der Waals surface area contributed by atoms with Gasteiger partial charge in [0.1, 0.15) is 5.69 Å². The summed E-state index contributed by atoms with van der Waals surface area (Å²) < 4.78 is 0. The number of aromatic amines is 1. The maximum Gasteiger partial charge on any atom is 0.271 e. The van der Waals surface area contributed by atoms with E-state index in [2.05, 4.69) is 20.5 Å². The number of carbonyl (C=O) groups excluding carboxylic acids is 2. The number of hydrogen-bond acceptors (Lipinski definition) is 4. The molecule has 1 atom stereocenters. The maximum absolute atomic E-state index is 12.7. The summed E-state index contributed by atoms with van der Waals surface area (Å²) >= 11 is 0. The SMILES string of the molecule is CCNC(=O)C1CCCN(C(=O)c2cc(-c3ccncc3)n[nH]2)C1. The number of aromatic nitrogens is 3. The second-order valence-electron chi connectivity index (χ2n) is 5.89. The summed E-state index contributed by atoms with van der Waals surface area (Å²) in [6.07, 6.45) is 5.03. The Bertz CT molecular complexity index is 713. The zero-order chi connectivity index (χ0) is 16.9. The van der Waals surface area contributed by atoms with Crippen LogP contribution in [-0.4, -0.2) is 51.5 Å². The lowest BCUT2D eigenvalue weighted by molar-refractivity contribution is -0.126. The highest BCUT2D eigenvalue weighted by Gasteiger charge is 2.29. The molecule has 1 aliphatic rings. The first kappa shape index (κ1) is 16.2. The molecule has 3 rings (SSSR count). The highest BCUT2D eigenvalue weighted by atomic mass is 16.2. The second-order valence-corrected chi connectivity index (χ2v) is 5.89. The van der Waals surface area contributed by atoms with Gasteiger partial charge in [-0.1, -0.05) is 0 Å². The van der Waals surface area contributed by atoms with Crippen LogP contribution in [0.3, 0.4) is 0 Å². The molecule has 2 amide bonds. The van der Waals surface area contributed by atoms with Crippen molar-refractivity contribution in [3.8, 4) is 11.3 Å². The number of nitrogens with one attached hydrogen (secondary N) is 2. The summed E-state index contributed by atoms with van der Waals surface area (Å²) in [6, 6.07) is 5.43. The Morgan fingerprint density at radius 3 is 2.92 bits per heavy atom. The van der Waals surface area contributed by atoms with Crippen molar-refractivity contribution in [3.63, 3.8) is 0 Å². The number of amides is 2. The molecule has 3 heterocycles. The number of carbonyl (C=O) groups is 2. The molecular formula is C17H21N5O2. The van der Waals surface area contributed by atoms with Crippen LogP contribution in [-0.2, 0) is 4.79 Å². The van der Waals surface area contributed by atoms with Gasteiger partial charge in [-0.15, -0.1) is 0 Å². The molecule has 126 valence electrons. The predicted molar refractivity (Wildman–Crippen MR) is 89.1 cm³/mol. The van der Waals surface area contributed by atoms with Gasteiger partial charge in [0, 0.05) is 37.6 Å². The molecule has 1 unspecified atom stereocenters. The van der Waals surface area contributed by atoms with Crippen molar-refractivity contribution in [3.05, 3.63) is 36.3 Å². The lowest BCUT2D eigenvalue weighted by Crippen LogP contribution is -2.45. The Kier molecular flexibility index (Phi) is 4.88. The van der Waals surface area contributed by atoms with E-state index in [1.165, 1.54) is 0 Å². The predicted octanol–water partition coefficient (Wildman–Crippen LogP) is 1.46. The molecule has 0 bridgehead atoms. The average Bonchev–Trinajstić information content (AvgIpc) is 3.12. The van der Waals surface area contributed by atoms with E-state index in [-0.39, 0.29) is 17.7 Å². The van der Waals surface area contributed by atoms with Crippen molar-refractivity contribution in [2.24, 2.45) is 5.92 Å². The zero-order valence-corrected chi connectivity index (χ0v) is 13.7. The van der Waals surface area contributed by atoms with E-state index in [9.17, 15) is 9.59 Å². The molecule has 1 aliphatic heterocycles. The molecule has 7 heteroatoms. The number of rotatable bonds is 4. The lowest BCUT2D eigenvalue weighted by atomic mass is 9.97. The van der Waals surface area contributed by atoms with Crippen LogP contribution >= 0.6 is 0 Å². The molecule has 2 aromatic rings. The Morgan fingerprint density at radius 1 is 1.38 bits per heavy atom. The lowest BCUT2D eigenvalue weighted by Gasteiger charge is -2.31. The minimum Gasteiger partial charge on any atom is -0.356 e. The van der Waals surface area contributed by atoms with Crippen LogP contribution in [0.4, 0.5) is 0 Å².